The molecular formula is C19H22N2O4. The summed E-state index contributed by atoms with van der Waals surface area (Å²) in [5.41, 5.74) is 1.54. The molecule has 0 aliphatic carbocycles. The Hall–Kier alpha value is -2.47. The molecule has 2 aliphatic heterocycles. The lowest BCUT2D eigenvalue weighted by molar-refractivity contribution is -0.117. The first-order chi connectivity index (χ1) is 12.1. The van der Waals surface area contributed by atoms with E-state index in [9.17, 15) is 9.59 Å². The number of nitrogens with zero attached hydrogens (tertiary/aromatic N) is 2. The molecule has 2 heterocycles. The van der Waals surface area contributed by atoms with Crippen LogP contribution in [-0.4, -0.2) is 55.6 Å². The normalized spacial score (nSPS) is 17.8. The number of morpholine rings is 1. The summed E-state index contributed by atoms with van der Waals surface area (Å²) in [4.78, 5) is 31.0. The molecule has 0 aromatic heterocycles. The maximum Gasteiger partial charge on any atom is 0.164 e. The Balaban J connectivity index is 1.64. The second-order valence-electron chi connectivity index (χ2n) is 6.17. The minimum Gasteiger partial charge on any atom is -0.497 e. The number of carbonyl (C=O) groups is 2. The summed E-state index contributed by atoms with van der Waals surface area (Å²) in [6.07, 6.45) is 2.30. The number of aliphatic imine (C=N–C) groups is 1. The topological polar surface area (TPSA) is 68.2 Å². The number of Topliss-reactive ketones (excluding diaryl/α,β-unsaturated/α-hetero) is 1. The van der Waals surface area contributed by atoms with Crippen LogP contribution in [0.4, 0.5) is 0 Å². The van der Waals surface area contributed by atoms with Crippen molar-refractivity contribution in [3.05, 3.63) is 41.7 Å². The molecule has 25 heavy (non-hydrogen) atoms. The van der Waals surface area contributed by atoms with Gasteiger partial charge in [0.25, 0.3) is 0 Å². The van der Waals surface area contributed by atoms with E-state index >= 15 is 0 Å². The molecule has 0 atom stereocenters. The fourth-order valence-corrected chi connectivity index (χ4v) is 2.99. The number of benzene rings is 1. The molecule has 1 aromatic carbocycles. The van der Waals surface area contributed by atoms with Gasteiger partial charge in [-0.3, -0.25) is 9.59 Å². The summed E-state index contributed by atoms with van der Waals surface area (Å²) in [7, 11) is 1.60. The van der Waals surface area contributed by atoms with Gasteiger partial charge in [0.15, 0.2) is 5.78 Å². The number of ketones is 2. The van der Waals surface area contributed by atoms with Crippen LogP contribution in [0.3, 0.4) is 0 Å². The molecule has 6 nitrogen and oxygen atoms in total. The first-order valence-electron chi connectivity index (χ1n) is 8.42. The van der Waals surface area contributed by atoms with Crippen LogP contribution in [0.5, 0.6) is 5.75 Å². The van der Waals surface area contributed by atoms with Crippen molar-refractivity contribution in [2.24, 2.45) is 4.99 Å². The van der Waals surface area contributed by atoms with Crippen LogP contribution in [0.1, 0.15) is 18.4 Å². The third-order valence-corrected chi connectivity index (χ3v) is 4.21. The monoisotopic (exact) mass is 342 g/mol. The Morgan fingerprint density at radius 3 is 2.84 bits per heavy atom. The minimum absolute atomic E-state index is 0.000622. The highest BCUT2D eigenvalue weighted by Crippen LogP contribution is 2.18. The van der Waals surface area contributed by atoms with E-state index in [0.29, 0.717) is 44.3 Å². The second-order valence-corrected chi connectivity index (χ2v) is 6.17. The number of hydrogen-bond donors (Lipinski definition) is 0. The van der Waals surface area contributed by atoms with Gasteiger partial charge in [0, 0.05) is 44.1 Å². The van der Waals surface area contributed by atoms with Gasteiger partial charge in [0.05, 0.1) is 20.3 Å². The van der Waals surface area contributed by atoms with E-state index < -0.39 is 0 Å². The molecule has 0 amide bonds. The van der Waals surface area contributed by atoms with Crippen LogP contribution in [-0.2, 0) is 20.7 Å². The van der Waals surface area contributed by atoms with Gasteiger partial charge < -0.3 is 14.4 Å². The van der Waals surface area contributed by atoms with Crippen molar-refractivity contribution in [1.82, 2.24) is 4.90 Å². The maximum atomic E-state index is 12.4. The van der Waals surface area contributed by atoms with Crippen molar-refractivity contribution in [3.8, 4) is 5.75 Å². The van der Waals surface area contributed by atoms with Crippen molar-refractivity contribution < 1.29 is 19.1 Å². The number of carbonyl (C=O) groups excluding carboxylic acids is 2. The van der Waals surface area contributed by atoms with Crippen molar-refractivity contribution in [3.63, 3.8) is 0 Å². The zero-order valence-electron chi connectivity index (χ0n) is 14.4. The lowest BCUT2D eigenvalue weighted by Crippen LogP contribution is -2.36. The van der Waals surface area contributed by atoms with E-state index in [2.05, 4.69) is 4.99 Å². The average Bonchev–Trinajstić information content (AvgIpc) is 2.62. The van der Waals surface area contributed by atoms with Gasteiger partial charge in [-0.2, -0.15) is 0 Å². The van der Waals surface area contributed by atoms with Crippen LogP contribution < -0.4 is 4.74 Å². The molecule has 3 rings (SSSR count). The van der Waals surface area contributed by atoms with E-state index in [1.165, 1.54) is 0 Å². The zero-order chi connectivity index (χ0) is 17.6. The lowest BCUT2D eigenvalue weighted by Gasteiger charge is -2.30. The summed E-state index contributed by atoms with van der Waals surface area (Å²) in [5.74, 6) is 1.43. The van der Waals surface area contributed by atoms with Crippen molar-refractivity contribution in [2.75, 3.05) is 33.4 Å². The largest absolute Gasteiger partial charge is 0.497 e. The van der Waals surface area contributed by atoms with Gasteiger partial charge in [0.1, 0.15) is 17.4 Å². The molecule has 0 bridgehead atoms. The Bertz CT molecular complexity index is 718. The van der Waals surface area contributed by atoms with Crippen LogP contribution in [0, 0.1) is 0 Å². The number of rotatable bonds is 6. The maximum absolute atomic E-state index is 12.4. The molecule has 1 aromatic rings. The van der Waals surface area contributed by atoms with Gasteiger partial charge >= 0.3 is 0 Å². The Kier molecular flexibility index (Phi) is 5.60. The van der Waals surface area contributed by atoms with E-state index in [1.54, 1.807) is 13.2 Å². The summed E-state index contributed by atoms with van der Waals surface area (Å²) in [6.45, 7) is 2.69. The molecule has 0 unspecified atom stereocenters. The van der Waals surface area contributed by atoms with Gasteiger partial charge in [-0.25, -0.2) is 4.99 Å². The molecule has 6 heteroatoms. The standard InChI is InChI=1S/C19H22N2O4/c1-24-18-4-2-3-14(10-18)9-16(22)11-15-12-17(23)13-19(20-15)21-5-7-25-8-6-21/h2-4,10,13H,5-9,11-12H2,1H3. The number of ether oxygens (including phenoxy) is 2. The summed E-state index contributed by atoms with van der Waals surface area (Å²) >= 11 is 0. The second kappa shape index (κ2) is 8.07. The molecule has 0 saturated carbocycles. The highest BCUT2D eigenvalue weighted by Gasteiger charge is 2.21. The third kappa shape index (κ3) is 4.76. The van der Waals surface area contributed by atoms with E-state index in [1.807, 2.05) is 29.2 Å². The van der Waals surface area contributed by atoms with Crippen molar-refractivity contribution in [2.45, 2.75) is 19.3 Å². The van der Waals surface area contributed by atoms with Crippen molar-refractivity contribution >= 4 is 17.3 Å². The lowest BCUT2D eigenvalue weighted by atomic mass is 10.0. The average molecular weight is 342 g/mol. The third-order valence-electron chi connectivity index (χ3n) is 4.21. The first-order valence-corrected chi connectivity index (χ1v) is 8.42. The predicted molar refractivity (Wildman–Crippen MR) is 93.9 cm³/mol. The molecular weight excluding hydrogens is 320 g/mol. The van der Waals surface area contributed by atoms with E-state index in [4.69, 9.17) is 9.47 Å². The Morgan fingerprint density at radius 1 is 1.28 bits per heavy atom. The summed E-state index contributed by atoms with van der Waals surface area (Å²) in [6, 6.07) is 7.46. The van der Waals surface area contributed by atoms with Gasteiger partial charge in [-0.15, -0.1) is 0 Å². The van der Waals surface area contributed by atoms with Gasteiger partial charge in [0.2, 0.25) is 0 Å². The first kappa shape index (κ1) is 17.4. The summed E-state index contributed by atoms with van der Waals surface area (Å²) in [5, 5.41) is 0. The fourth-order valence-electron chi connectivity index (χ4n) is 2.99. The SMILES string of the molecule is COc1cccc(CC(=O)CC2=NC(N3CCOCC3)=CC(=O)C2)c1. The number of methoxy groups -OCH3 is 1. The van der Waals surface area contributed by atoms with Crippen LogP contribution >= 0.6 is 0 Å². The van der Waals surface area contributed by atoms with Gasteiger partial charge in [-0.1, -0.05) is 12.1 Å². The number of hydrogen-bond acceptors (Lipinski definition) is 6. The minimum atomic E-state index is 0.000622. The summed E-state index contributed by atoms with van der Waals surface area (Å²) < 4.78 is 10.5. The van der Waals surface area contributed by atoms with Crippen LogP contribution in [0.15, 0.2) is 41.2 Å². The van der Waals surface area contributed by atoms with Crippen molar-refractivity contribution in [1.29, 1.82) is 0 Å². The molecule has 0 radical (unpaired) electrons. The smallest absolute Gasteiger partial charge is 0.164 e. The Morgan fingerprint density at radius 2 is 2.08 bits per heavy atom. The fraction of sp³-hybridized carbons (Fsp3) is 0.421. The molecule has 1 saturated heterocycles. The van der Waals surface area contributed by atoms with Crippen LogP contribution in [0.2, 0.25) is 0 Å². The highest BCUT2D eigenvalue weighted by molar-refractivity contribution is 6.14. The van der Waals surface area contributed by atoms with E-state index in [0.717, 1.165) is 11.3 Å². The van der Waals surface area contributed by atoms with E-state index in [-0.39, 0.29) is 24.4 Å². The molecule has 0 spiro atoms. The molecule has 1 fully saturated rings. The quantitative estimate of drug-likeness (QED) is 0.788. The van der Waals surface area contributed by atoms with Crippen LogP contribution in [0.25, 0.3) is 0 Å². The molecule has 2 aliphatic rings. The molecule has 132 valence electrons. The molecule has 0 N–H and O–H groups in total. The van der Waals surface area contributed by atoms with Gasteiger partial charge in [-0.05, 0) is 17.7 Å². The highest BCUT2D eigenvalue weighted by atomic mass is 16.5. The predicted octanol–water partition coefficient (Wildman–Crippen LogP) is 1.78. The number of allylic oxidation sites excluding steroid dienone is 1. The zero-order valence-corrected chi connectivity index (χ0v) is 14.4. The Labute approximate surface area is 147 Å².